The number of aryl methyl sites for hydroxylation is 1. The molecule has 7 heteroatoms. The normalized spacial score (nSPS) is 15.1. The van der Waals surface area contributed by atoms with Gasteiger partial charge in [-0.2, -0.15) is 4.31 Å². The van der Waals surface area contributed by atoms with Crippen LogP contribution in [0.25, 0.3) is 10.9 Å². The lowest BCUT2D eigenvalue weighted by Crippen LogP contribution is -2.35. The van der Waals surface area contributed by atoms with Crippen LogP contribution in [0.5, 0.6) is 0 Å². The second-order valence-corrected chi connectivity index (χ2v) is 8.49. The summed E-state index contributed by atoms with van der Waals surface area (Å²) in [7, 11) is -3.59. The molecule has 0 radical (unpaired) electrons. The van der Waals surface area contributed by atoms with E-state index < -0.39 is 16.0 Å². The topological polar surface area (TPSA) is 90.5 Å². The van der Waals surface area contributed by atoms with E-state index in [1.165, 1.54) is 4.31 Å². The van der Waals surface area contributed by atoms with Crippen molar-refractivity contribution in [2.45, 2.75) is 24.8 Å². The van der Waals surface area contributed by atoms with Gasteiger partial charge >= 0.3 is 5.97 Å². The van der Waals surface area contributed by atoms with E-state index in [9.17, 15) is 18.3 Å². The first-order chi connectivity index (χ1) is 12.4. The fourth-order valence-corrected chi connectivity index (χ4v) is 4.80. The number of carboxylic acids is 1. The van der Waals surface area contributed by atoms with Gasteiger partial charge in [-0.1, -0.05) is 17.7 Å². The van der Waals surface area contributed by atoms with Crippen molar-refractivity contribution in [3.63, 3.8) is 0 Å². The number of benzene rings is 2. The number of nitrogens with zero attached hydrogens (tertiary/aromatic N) is 1. The molecular weight excluding hydrogens is 352 g/mol. The van der Waals surface area contributed by atoms with Gasteiger partial charge in [0.05, 0.1) is 10.5 Å². The van der Waals surface area contributed by atoms with Gasteiger partial charge in [0.25, 0.3) is 0 Å². The molecule has 2 heterocycles. The third-order valence-electron chi connectivity index (χ3n) is 4.85. The number of hydrogen-bond acceptors (Lipinski definition) is 3. The van der Waals surface area contributed by atoms with Crippen molar-refractivity contribution in [1.82, 2.24) is 9.29 Å². The Morgan fingerprint density at radius 1 is 1.15 bits per heavy atom. The first-order valence-electron chi connectivity index (χ1n) is 8.30. The van der Waals surface area contributed by atoms with Gasteiger partial charge in [-0.25, -0.2) is 13.2 Å². The summed E-state index contributed by atoms with van der Waals surface area (Å²) in [5, 5.41) is 9.99. The summed E-state index contributed by atoms with van der Waals surface area (Å²) < 4.78 is 27.4. The maximum atomic E-state index is 13.0. The van der Waals surface area contributed by atoms with Crippen LogP contribution in [0.4, 0.5) is 0 Å². The summed E-state index contributed by atoms with van der Waals surface area (Å²) in [6.45, 7) is 2.53. The number of aromatic carboxylic acids is 1. The van der Waals surface area contributed by atoms with Gasteiger partial charge < -0.3 is 10.1 Å². The zero-order chi connectivity index (χ0) is 18.5. The van der Waals surface area contributed by atoms with Crippen molar-refractivity contribution in [2.24, 2.45) is 0 Å². The molecule has 0 fully saturated rings. The maximum absolute atomic E-state index is 13.0. The number of aromatic nitrogens is 1. The van der Waals surface area contributed by atoms with E-state index in [4.69, 9.17) is 0 Å². The molecule has 1 aromatic heterocycles. The minimum absolute atomic E-state index is 0.192. The molecule has 0 bridgehead atoms. The highest BCUT2D eigenvalue weighted by Gasteiger charge is 2.30. The van der Waals surface area contributed by atoms with Crippen LogP contribution >= 0.6 is 0 Å². The van der Waals surface area contributed by atoms with E-state index in [0.29, 0.717) is 13.0 Å². The second kappa shape index (κ2) is 5.96. The fourth-order valence-electron chi connectivity index (χ4n) is 3.39. The molecular formula is C19H18N2O4S. The molecule has 26 heavy (non-hydrogen) atoms. The zero-order valence-electron chi connectivity index (χ0n) is 14.2. The number of hydrogen-bond donors (Lipinski definition) is 2. The molecule has 3 aromatic rings. The predicted octanol–water partition coefficient (Wildman–Crippen LogP) is 2.92. The quantitative estimate of drug-likeness (QED) is 0.742. The lowest BCUT2D eigenvalue weighted by atomic mass is 10.0. The molecule has 1 aliphatic rings. The highest BCUT2D eigenvalue weighted by atomic mass is 32.2. The molecule has 0 aliphatic carbocycles. The number of fused-ring (bicyclic) bond motifs is 3. The van der Waals surface area contributed by atoms with Crippen LogP contribution in [0, 0.1) is 6.92 Å². The molecule has 2 aromatic carbocycles. The van der Waals surface area contributed by atoms with Crippen LogP contribution < -0.4 is 0 Å². The SMILES string of the molecule is Cc1ccc(S(=O)(=O)N2CCc3[nH]c4ccc(C(=O)O)cc4c3C2)cc1. The predicted molar refractivity (Wildman–Crippen MR) is 97.7 cm³/mol. The summed E-state index contributed by atoms with van der Waals surface area (Å²) in [6, 6.07) is 11.7. The van der Waals surface area contributed by atoms with E-state index in [2.05, 4.69) is 4.98 Å². The first kappa shape index (κ1) is 16.8. The van der Waals surface area contributed by atoms with Crippen LogP contribution in [0.3, 0.4) is 0 Å². The number of carboxylic acid groups (broad SMARTS) is 1. The van der Waals surface area contributed by atoms with Crippen molar-refractivity contribution in [2.75, 3.05) is 6.54 Å². The standard InChI is InChI=1S/C19H18N2O4S/c1-12-2-5-14(6-3-12)26(24,25)21-9-8-18-16(11-21)15-10-13(19(22)23)4-7-17(15)20-18/h2-7,10,20H,8-9,11H2,1H3,(H,22,23). The molecule has 0 amide bonds. The summed E-state index contributed by atoms with van der Waals surface area (Å²) in [5.74, 6) is -0.998. The smallest absolute Gasteiger partial charge is 0.335 e. The van der Waals surface area contributed by atoms with Gasteiger partial charge in [-0.05, 0) is 42.8 Å². The minimum Gasteiger partial charge on any atom is -0.478 e. The van der Waals surface area contributed by atoms with Gasteiger partial charge in [0.2, 0.25) is 10.0 Å². The molecule has 0 atom stereocenters. The summed E-state index contributed by atoms with van der Waals surface area (Å²) in [5.41, 5.74) is 3.85. The highest BCUT2D eigenvalue weighted by molar-refractivity contribution is 7.89. The Balaban J connectivity index is 1.75. The van der Waals surface area contributed by atoms with Crippen molar-refractivity contribution >= 4 is 26.9 Å². The number of nitrogens with one attached hydrogen (secondary N) is 1. The molecule has 1 aliphatic heterocycles. The number of aromatic amines is 1. The average molecular weight is 370 g/mol. The number of carbonyl (C=O) groups is 1. The van der Waals surface area contributed by atoms with E-state index in [-0.39, 0.29) is 17.0 Å². The van der Waals surface area contributed by atoms with Crippen molar-refractivity contribution in [3.05, 3.63) is 64.8 Å². The largest absolute Gasteiger partial charge is 0.478 e. The highest BCUT2D eigenvalue weighted by Crippen LogP contribution is 2.31. The first-order valence-corrected chi connectivity index (χ1v) is 9.74. The van der Waals surface area contributed by atoms with Crippen LogP contribution in [0.2, 0.25) is 0 Å². The molecule has 0 saturated heterocycles. The van der Waals surface area contributed by atoms with Gasteiger partial charge in [0.15, 0.2) is 0 Å². The van der Waals surface area contributed by atoms with Crippen molar-refractivity contribution in [1.29, 1.82) is 0 Å². The van der Waals surface area contributed by atoms with Gasteiger partial charge in [-0.15, -0.1) is 0 Å². The Bertz CT molecular complexity index is 1110. The second-order valence-electron chi connectivity index (χ2n) is 6.55. The number of H-pyrrole nitrogens is 1. The Hall–Kier alpha value is -2.64. The third kappa shape index (κ3) is 2.69. The molecule has 0 unspecified atom stereocenters. The molecule has 0 saturated carbocycles. The van der Waals surface area contributed by atoms with E-state index in [0.717, 1.165) is 27.7 Å². The number of rotatable bonds is 3. The summed E-state index contributed by atoms with van der Waals surface area (Å²) in [6.07, 6.45) is 0.567. The maximum Gasteiger partial charge on any atom is 0.335 e. The Kier molecular flexibility index (Phi) is 3.86. The minimum atomic E-state index is -3.59. The summed E-state index contributed by atoms with van der Waals surface area (Å²) >= 11 is 0. The van der Waals surface area contributed by atoms with E-state index >= 15 is 0 Å². The van der Waals surface area contributed by atoms with Crippen LogP contribution in [-0.4, -0.2) is 35.3 Å². The molecule has 134 valence electrons. The van der Waals surface area contributed by atoms with E-state index in [1.54, 1.807) is 42.5 Å². The molecule has 4 rings (SSSR count). The lowest BCUT2D eigenvalue weighted by Gasteiger charge is -2.26. The number of sulfonamides is 1. The van der Waals surface area contributed by atoms with Crippen LogP contribution in [-0.2, 0) is 23.0 Å². The van der Waals surface area contributed by atoms with Gasteiger partial charge in [-0.3, -0.25) is 0 Å². The van der Waals surface area contributed by atoms with Crippen molar-refractivity contribution < 1.29 is 18.3 Å². The Morgan fingerprint density at radius 2 is 1.88 bits per heavy atom. The van der Waals surface area contributed by atoms with Crippen LogP contribution in [0.15, 0.2) is 47.4 Å². The van der Waals surface area contributed by atoms with Crippen molar-refractivity contribution in [3.8, 4) is 0 Å². The Labute approximate surface area is 151 Å². The van der Waals surface area contributed by atoms with Gasteiger partial charge in [0, 0.05) is 36.1 Å². The van der Waals surface area contributed by atoms with Crippen LogP contribution in [0.1, 0.15) is 27.2 Å². The molecule has 2 N–H and O–H groups in total. The van der Waals surface area contributed by atoms with Gasteiger partial charge in [0.1, 0.15) is 0 Å². The summed E-state index contributed by atoms with van der Waals surface area (Å²) in [4.78, 5) is 14.8. The lowest BCUT2D eigenvalue weighted by molar-refractivity contribution is 0.0697. The molecule has 6 nitrogen and oxygen atoms in total. The monoisotopic (exact) mass is 370 g/mol. The Morgan fingerprint density at radius 3 is 2.58 bits per heavy atom. The molecule has 0 spiro atoms. The van der Waals surface area contributed by atoms with E-state index in [1.807, 2.05) is 6.92 Å². The fraction of sp³-hybridized carbons (Fsp3) is 0.211. The third-order valence-corrected chi connectivity index (χ3v) is 6.71. The zero-order valence-corrected chi connectivity index (χ0v) is 15.0. The average Bonchev–Trinajstić information content (AvgIpc) is 2.99.